The molecule has 0 fully saturated rings. The lowest BCUT2D eigenvalue weighted by Gasteiger charge is -2.25. The quantitative estimate of drug-likeness (QED) is 0.318. The van der Waals surface area contributed by atoms with Crippen molar-refractivity contribution in [3.05, 3.63) is 78.1 Å². The Balaban J connectivity index is 1.51. The number of nitrogens with zero attached hydrogens (tertiary/aromatic N) is 2. The van der Waals surface area contributed by atoms with Crippen molar-refractivity contribution in [3.8, 4) is 17.2 Å². The largest absolute Gasteiger partial charge is 0.494 e. The third kappa shape index (κ3) is 6.56. The summed E-state index contributed by atoms with van der Waals surface area (Å²) in [6.07, 6.45) is 2.33. The molecule has 0 atom stereocenters. The first-order valence-corrected chi connectivity index (χ1v) is 13.0. The molecule has 0 unspecified atom stereocenters. The smallest absolute Gasteiger partial charge is 0.264 e. The number of benzene rings is 3. The summed E-state index contributed by atoms with van der Waals surface area (Å²) in [6.45, 7) is 2.68. The van der Waals surface area contributed by atoms with Crippen LogP contribution < -0.4 is 23.9 Å². The van der Waals surface area contributed by atoms with E-state index in [9.17, 15) is 17.6 Å². The molecule has 1 N–H and O–H groups in total. The Hall–Kier alpha value is -4.12. The highest BCUT2D eigenvalue weighted by atomic mass is 32.2. The van der Waals surface area contributed by atoms with E-state index in [4.69, 9.17) is 14.2 Å². The second-order valence-electron chi connectivity index (χ2n) is 8.00. The molecular formula is C26H26FN3O6S. The summed E-state index contributed by atoms with van der Waals surface area (Å²) in [5, 5.41) is 3.92. The fourth-order valence-electron chi connectivity index (χ4n) is 3.45. The first-order chi connectivity index (χ1) is 17.9. The number of carbonyl (C=O) groups excluding carboxylic acids is 1. The molecule has 0 spiro atoms. The number of anilines is 1. The number of nitrogens with one attached hydrogen (secondary N) is 1. The SMILES string of the molecule is CCCOc1ccc(/C=N\NC(=O)CN(c2ccc(F)cc2)S(=O)(=O)c2ccc3c(c2)OCCO3)cc1. The van der Waals surface area contributed by atoms with E-state index in [2.05, 4.69) is 10.5 Å². The van der Waals surface area contributed by atoms with Crippen LogP contribution in [0.25, 0.3) is 0 Å². The van der Waals surface area contributed by atoms with Gasteiger partial charge < -0.3 is 14.2 Å². The average Bonchev–Trinajstić information content (AvgIpc) is 2.91. The monoisotopic (exact) mass is 527 g/mol. The maximum Gasteiger partial charge on any atom is 0.264 e. The highest BCUT2D eigenvalue weighted by Crippen LogP contribution is 2.34. The van der Waals surface area contributed by atoms with E-state index in [-0.39, 0.29) is 22.9 Å². The topological polar surface area (TPSA) is 107 Å². The maximum absolute atomic E-state index is 13.5. The molecule has 194 valence electrons. The summed E-state index contributed by atoms with van der Waals surface area (Å²) >= 11 is 0. The molecule has 0 saturated heterocycles. The van der Waals surface area contributed by atoms with E-state index in [0.717, 1.165) is 28.6 Å². The fourth-order valence-corrected chi connectivity index (χ4v) is 4.89. The van der Waals surface area contributed by atoms with Gasteiger partial charge in [-0.25, -0.2) is 18.2 Å². The lowest BCUT2D eigenvalue weighted by Crippen LogP contribution is -2.39. The van der Waals surface area contributed by atoms with Crippen molar-refractivity contribution in [3.63, 3.8) is 0 Å². The van der Waals surface area contributed by atoms with Gasteiger partial charge in [-0.1, -0.05) is 6.92 Å². The van der Waals surface area contributed by atoms with Crippen LogP contribution in [0.1, 0.15) is 18.9 Å². The Labute approximate surface area is 214 Å². The number of carbonyl (C=O) groups is 1. The Morgan fingerprint density at radius 1 is 1.05 bits per heavy atom. The van der Waals surface area contributed by atoms with Gasteiger partial charge >= 0.3 is 0 Å². The van der Waals surface area contributed by atoms with Gasteiger partial charge in [-0.15, -0.1) is 0 Å². The van der Waals surface area contributed by atoms with Gasteiger partial charge in [-0.05, 0) is 72.6 Å². The summed E-state index contributed by atoms with van der Waals surface area (Å²) in [6, 6.07) is 16.1. The van der Waals surface area contributed by atoms with Gasteiger partial charge in [-0.2, -0.15) is 5.10 Å². The number of rotatable bonds is 10. The van der Waals surface area contributed by atoms with Crippen LogP contribution in [-0.4, -0.2) is 46.9 Å². The average molecular weight is 528 g/mol. The van der Waals surface area contributed by atoms with Crippen molar-refractivity contribution in [2.24, 2.45) is 5.10 Å². The minimum Gasteiger partial charge on any atom is -0.494 e. The standard InChI is InChI=1S/C26H26FN3O6S/c1-2-13-34-22-9-3-19(4-10-22)17-28-29-26(31)18-30(21-7-5-20(27)6-8-21)37(32,33)23-11-12-24-25(16-23)36-15-14-35-24/h3-12,16-17H,2,13-15,18H2,1H3,(H,29,31)/b28-17-. The minimum absolute atomic E-state index is 0.109. The first-order valence-electron chi connectivity index (χ1n) is 11.6. The van der Waals surface area contributed by atoms with Crippen molar-refractivity contribution in [2.45, 2.75) is 18.2 Å². The molecule has 3 aromatic rings. The van der Waals surface area contributed by atoms with Gasteiger partial charge in [-0.3, -0.25) is 9.10 Å². The summed E-state index contributed by atoms with van der Waals surface area (Å²) in [5.74, 6) is 0.203. The second-order valence-corrected chi connectivity index (χ2v) is 9.87. The molecule has 1 heterocycles. The molecule has 0 aliphatic carbocycles. The number of hydrogen-bond donors (Lipinski definition) is 1. The third-order valence-corrected chi connectivity index (χ3v) is 7.03. The Kier molecular flexibility index (Phi) is 8.24. The zero-order valence-electron chi connectivity index (χ0n) is 20.1. The van der Waals surface area contributed by atoms with Crippen LogP contribution in [0.2, 0.25) is 0 Å². The molecule has 1 amide bonds. The van der Waals surface area contributed by atoms with Crippen LogP contribution in [0.4, 0.5) is 10.1 Å². The molecule has 4 rings (SSSR count). The van der Waals surface area contributed by atoms with Crippen molar-refractivity contribution in [2.75, 3.05) is 30.7 Å². The fraction of sp³-hybridized carbons (Fsp3) is 0.231. The van der Waals surface area contributed by atoms with Crippen LogP contribution in [0, 0.1) is 5.82 Å². The van der Waals surface area contributed by atoms with Gasteiger partial charge in [0.25, 0.3) is 15.9 Å². The molecule has 1 aliphatic rings. The molecule has 11 heteroatoms. The maximum atomic E-state index is 13.5. The summed E-state index contributed by atoms with van der Waals surface area (Å²) < 4.78 is 58.0. The van der Waals surface area contributed by atoms with Crippen molar-refractivity contribution < 1.29 is 31.8 Å². The van der Waals surface area contributed by atoms with Crippen LogP contribution in [0.15, 0.2) is 76.7 Å². The molecule has 3 aromatic carbocycles. The Morgan fingerprint density at radius 2 is 1.76 bits per heavy atom. The zero-order valence-corrected chi connectivity index (χ0v) is 20.9. The highest BCUT2D eigenvalue weighted by Gasteiger charge is 2.29. The summed E-state index contributed by atoms with van der Waals surface area (Å²) in [7, 11) is -4.24. The molecule has 0 bridgehead atoms. The van der Waals surface area contributed by atoms with Gasteiger partial charge in [0, 0.05) is 6.07 Å². The lowest BCUT2D eigenvalue weighted by molar-refractivity contribution is -0.119. The van der Waals surface area contributed by atoms with E-state index in [1.54, 1.807) is 24.3 Å². The Bertz CT molecular complexity index is 1360. The lowest BCUT2D eigenvalue weighted by atomic mass is 10.2. The zero-order chi connectivity index (χ0) is 26.3. The van der Waals surface area contributed by atoms with Crippen LogP contribution in [-0.2, 0) is 14.8 Å². The minimum atomic E-state index is -4.24. The summed E-state index contributed by atoms with van der Waals surface area (Å²) in [4.78, 5) is 12.6. The first kappa shape index (κ1) is 26.0. The Morgan fingerprint density at radius 3 is 2.46 bits per heavy atom. The third-order valence-electron chi connectivity index (χ3n) is 5.26. The molecule has 0 radical (unpaired) electrons. The van der Waals surface area contributed by atoms with E-state index in [0.29, 0.717) is 24.5 Å². The van der Waals surface area contributed by atoms with E-state index in [1.165, 1.54) is 36.5 Å². The van der Waals surface area contributed by atoms with Crippen molar-refractivity contribution in [1.82, 2.24) is 5.43 Å². The number of sulfonamides is 1. The number of fused-ring (bicyclic) bond motifs is 1. The molecule has 9 nitrogen and oxygen atoms in total. The van der Waals surface area contributed by atoms with E-state index < -0.39 is 28.3 Å². The van der Waals surface area contributed by atoms with Gasteiger partial charge in [0.05, 0.1) is 23.4 Å². The number of halogens is 1. The van der Waals surface area contributed by atoms with E-state index >= 15 is 0 Å². The molecule has 1 aliphatic heterocycles. The predicted octanol–water partition coefficient (Wildman–Crippen LogP) is 3.73. The van der Waals surface area contributed by atoms with Gasteiger partial charge in [0.2, 0.25) is 0 Å². The molecule has 37 heavy (non-hydrogen) atoms. The van der Waals surface area contributed by atoms with Gasteiger partial charge in [0.1, 0.15) is 31.3 Å². The highest BCUT2D eigenvalue weighted by molar-refractivity contribution is 7.92. The number of hydrogen-bond acceptors (Lipinski definition) is 7. The van der Waals surface area contributed by atoms with E-state index in [1.807, 2.05) is 6.92 Å². The van der Waals surface area contributed by atoms with Crippen LogP contribution in [0.5, 0.6) is 17.2 Å². The second kappa shape index (κ2) is 11.7. The summed E-state index contributed by atoms with van der Waals surface area (Å²) in [5.41, 5.74) is 3.16. The number of ether oxygens (including phenoxy) is 3. The normalized spacial score (nSPS) is 12.8. The van der Waals surface area contributed by atoms with Crippen molar-refractivity contribution >= 4 is 27.8 Å². The molecule has 0 aromatic heterocycles. The van der Waals surface area contributed by atoms with Gasteiger partial charge in [0.15, 0.2) is 11.5 Å². The van der Waals surface area contributed by atoms with Crippen LogP contribution in [0.3, 0.4) is 0 Å². The van der Waals surface area contributed by atoms with Crippen molar-refractivity contribution in [1.29, 1.82) is 0 Å². The van der Waals surface area contributed by atoms with Crippen LogP contribution >= 0.6 is 0 Å². The number of amides is 1. The predicted molar refractivity (Wildman–Crippen MR) is 136 cm³/mol. The number of hydrazone groups is 1. The molecule has 0 saturated carbocycles. The molecular weight excluding hydrogens is 501 g/mol.